The van der Waals surface area contributed by atoms with Crippen molar-refractivity contribution in [3.05, 3.63) is 54.1 Å². The molecule has 3 rings (SSSR count). The predicted molar refractivity (Wildman–Crippen MR) is 83.8 cm³/mol. The van der Waals surface area contributed by atoms with Gasteiger partial charge in [0.2, 0.25) is 0 Å². The molecule has 0 radical (unpaired) electrons. The summed E-state index contributed by atoms with van der Waals surface area (Å²) in [5.41, 5.74) is 1.17. The van der Waals surface area contributed by atoms with Crippen molar-refractivity contribution in [3.8, 4) is 5.75 Å². The molecule has 3 heteroatoms. The molecule has 0 bridgehead atoms. The Morgan fingerprint density at radius 1 is 1.00 bits per heavy atom. The van der Waals surface area contributed by atoms with Gasteiger partial charge < -0.3 is 9.47 Å². The average Bonchev–Trinajstić information content (AvgIpc) is 2.47. The number of aryl methyl sites for hydroxylation is 1. The van der Waals surface area contributed by atoms with Crippen LogP contribution in [0.5, 0.6) is 5.75 Å². The molecular formula is C18H16O3. The minimum atomic E-state index is -0.671. The smallest absolute Gasteiger partial charge is 0.434 e. The highest BCUT2D eigenvalue weighted by Crippen LogP contribution is 2.35. The molecule has 0 heterocycles. The molecule has 21 heavy (non-hydrogen) atoms. The van der Waals surface area contributed by atoms with Crippen LogP contribution in [0.1, 0.15) is 12.5 Å². The highest BCUT2D eigenvalue weighted by molar-refractivity contribution is 6.06. The number of hydrogen-bond acceptors (Lipinski definition) is 3. The largest absolute Gasteiger partial charge is 0.513 e. The summed E-state index contributed by atoms with van der Waals surface area (Å²) in [7, 11) is 0. The van der Waals surface area contributed by atoms with E-state index >= 15 is 0 Å². The molecule has 0 fully saturated rings. The van der Waals surface area contributed by atoms with E-state index in [0.717, 1.165) is 21.5 Å². The number of ether oxygens (including phenoxy) is 2. The number of fused-ring (bicyclic) bond motifs is 2. The summed E-state index contributed by atoms with van der Waals surface area (Å²) in [4.78, 5) is 11.7. The molecule has 0 N–H and O–H groups in total. The minimum Gasteiger partial charge on any atom is -0.434 e. The lowest BCUT2D eigenvalue weighted by atomic mass is 10.0. The molecule has 0 aliphatic rings. The highest BCUT2D eigenvalue weighted by atomic mass is 16.7. The lowest BCUT2D eigenvalue weighted by Gasteiger charge is -2.12. The van der Waals surface area contributed by atoms with Crippen molar-refractivity contribution in [1.29, 1.82) is 0 Å². The van der Waals surface area contributed by atoms with Gasteiger partial charge in [-0.3, -0.25) is 0 Å². The van der Waals surface area contributed by atoms with E-state index in [0.29, 0.717) is 12.4 Å². The number of carbonyl (C=O) groups excluding carboxylic acids is 1. The third-order valence-corrected chi connectivity index (χ3v) is 3.42. The first-order valence-corrected chi connectivity index (χ1v) is 6.96. The molecule has 0 aliphatic carbocycles. The molecule has 3 nitrogen and oxygen atoms in total. The quantitative estimate of drug-likeness (QED) is 0.383. The number of carbonyl (C=O) groups is 1. The van der Waals surface area contributed by atoms with E-state index in [2.05, 4.69) is 12.1 Å². The van der Waals surface area contributed by atoms with Gasteiger partial charge in [0.05, 0.1) is 6.61 Å². The Bertz CT molecular complexity index is 821. The van der Waals surface area contributed by atoms with Crippen molar-refractivity contribution < 1.29 is 14.3 Å². The summed E-state index contributed by atoms with van der Waals surface area (Å²) in [6, 6.07) is 16.0. The Morgan fingerprint density at radius 2 is 1.76 bits per heavy atom. The lowest BCUT2D eigenvalue weighted by molar-refractivity contribution is 0.105. The fraction of sp³-hybridized carbons (Fsp3) is 0.167. The molecule has 0 aromatic heterocycles. The van der Waals surface area contributed by atoms with E-state index in [9.17, 15) is 4.79 Å². The Balaban J connectivity index is 2.27. The normalized spacial score (nSPS) is 10.8. The fourth-order valence-corrected chi connectivity index (χ4v) is 2.49. The molecule has 106 valence electrons. The lowest BCUT2D eigenvalue weighted by Crippen LogP contribution is -2.10. The Hall–Kier alpha value is -2.55. The van der Waals surface area contributed by atoms with Crippen molar-refractivity contribution in [2.24, 2.45) is 0 Å². The second-order valence-corrected chi connectivity index (χ2v) is 4.94. The first-order chi connectivity index (χ1) is 10.2. The van der Waals surface area contributed by atoms with Gasteiger partial charge in [-0.2, -0.15) is 0 Å². The molecular weight excluding hydrogens is 264 g/mol. The molecule has 0 saturated carbocycles. The minimum absolute atomic E-state index is 0.292. The third kappa shape index (κ3) is 2.55. The zero-order valence-corrected chi connectivity index (χ0v) is 12.1. The molecule has 0 aliphatic heterocycles. The molecule has 3 aromatic rings. The van der Waals surface area contributed by atoms with Gasteiger partial charge in [0.25, 0.3) is 0 Å². The fourth-order valence-electron chi connectivity index (χ4n) is 2.49. The maximum absolute atomic E-state index is 11.7. The average molecular weight is 280 g/mol. The van der Waals surface area contributed by atoms with Crippen molar-refractivity contribution in [1.82, 2.24) is 0 Å². The summed E-state index contributed by atoms with van der Waals surface area (Å²) in [6.07, 6.45) is -0.671. The molecule has 0 spiro atoms. The van der Waals surface area contributed by atoms with Crippen LogP contribution in [0, 0.1) is 6.92 Å². The number of benzene rings is 3. The maximum atomic E-state index is 11.7. The SMILES string of the molecule is CCOC(=O)Oc1c2ccccc2cc2cc(C)ccc12. The summed E-state index contributed by atoms with van der Waals surface area (Å²) in [5.74, 6) is 0.557. The number of hydrogen-bond donors (Lipinski definition) is 0. The van der Waals surface area contributed by atoms with Crippen molar-refractivity contribution in [2.45, 2.75) is 13.8 Å². The van der Waals surface area contributed by atoms with Crippen LogP contribution in [0.2, 0.25) is 0 Å². The van der Waals surface area contributed by atoms with Crippen molar-refractivity contribution >= 4 is 27.7 Å². The van der Waals surface area contributed by atoms with Crippen molar-refractivity contribution in [3.63, 3.8) is 0 Å². The predicted octanol–water partition coefficient (Wildman–Crippen LogP) is 4.84. The van der Waals surface area contributed by atoms with Gasteiger partial charge in [-0.05, 0) is 30.7 Å². The zero-order valence-electron chi connectivity index (χ0n) is 12.1. The van der Waals surface area contributed by atoms with Crippen LogP contribution in [0.15, 0.2) is 48.5 Å². The van der Waals surface area contributed by atoms with E-state index in [1.165, 1.54) is 5.56 Å². The third-order valence-electron chi connectivity index (χ3n) is 3.42. The standard InChI is InChI=1S/C18H16O3/c1-3-20-18(19)21-17-15-7-5-4-6-13(15)11-14-10-12(2)8-9-16(14)17/h4-11H,3H2,1-2H3. The number of rotatable bonds is 2. The van der Waals surface area contributed by atoms with E-state index in [-0.39, 0.29) is 0 Å². The van der Waals surface area contributed by atoms with E-state index < -0.39 is 6.16 Å². The molecule has 3 aromatic carbocycles. The Morgan fingerprint density at radius 3 is 2.57 bits per heavy atom. The molecule has 0 unspecified atom stereocenters. The second kappa shape index (κ2) is 5.44. The van der Waals surface area contributed by atoms with Crippen LogP contribution in [-0.4, -0.2) is 12.8 Å². The van der Waals surface area contributed by atoms with E-state index in [1.807, 2.05) is 43.3 Å². The van der Waals surface area contributed by atoms with Crippen LogP contribution in [0.25, 0.3) is 21.5 Å². The van der Waals surface area contributed by atoms with Gasteiger partial charge in [0.1, 0.15) is 5.75 Å². The Labute approximate surface area is 123 Å². The van der Waals surface area contributed by atoms with E-state index in [1.54, 1.807) is 6.92 Å². The van der Waals surface area contributed by atoms with Crippen molar-refractivity contribution in [2.75, 3.05) is 6.61 Å². The highest BCUT2D eigenvalue weighted by Gasteiger charge is 2.13. The molecule has 0 amide bonds. The first-order valence-electron chi connectivity index (χ1n) is 6.96. The van der Waals surface area contributed by atoms with Crippen LogP contribution in [0.3, 0.4) is 0 Å². The van der Waals surface area contributed by atoms with Gasteiger partial charge in [-0.1, -0.05) is 48.0 Å². The first kappa shape index (κ1) is 13.4. The van der Waals surface area contributed by atoms with Gasteiger partial charge in [0.15, 0.2) is 0 Å². The molecule has 0 atom stereocenters. The molecule has 0 saturated heterocycles. The topological polar surface area (TPSA) is 35.5 Å². The maximum Gasteiger partial charge on any atom is 0.513 e. The van der Waals surface area contributed by atoms with Crippen LogP contribution in [-0.2, 0) is 4.74 Å². The van der Waals surface area contributed by atoms with Gasteiger partial charge in [-0.15, -0.1) is 0 Å². The van der Waals surface area contributed by atoms with E-state index in [4.69, 9.17) is 9.47 Å². The monoisotopic (exact) mass is 280 g/mol. The van der Waals surface area contributed by atoms with Crippen LogP contribution in [0.4, 0.5) is 4.79 Å². The zero-order chi connectivity index (χ0) is 14.8. The summed E-state index contributed by atoms with van der Waals surface area (Å²) in [6.45, 7) is 4.09. The summed E-state index contributed by atoms with van der Waals surface area (Å²) in [5, 5.41) is 3.90. The summed E-state index contributed by atoms with van der Waals surface area (Å²) < 4.78 is 10.4. The van der Waals surface area contributed by atoms with Gasteiger partial charge in [-0.25, -0.2) is 4.79 Å². The van der Waals surface area contributed by atoms with Gasteiger partial charge >= 0.3 is 6.16 Å². The second-order valence-electron chi connectivity index (χ2n) is 4.94. The Kier molecular flexibility index (Phi) is 3.48. The van der Waals surface area contributed by atoms with Crippen LogP contribution < -0.4 is 4.74 Å². The summed E-state index contributed by atoms with van der Waals surface area (Å²) >= 11 is 0. The van der Waals surface area contributed by atoms with Gasteiger partial charge in [0, 0.05) is 10.8 Å². The van der Waals surface area contributed by atoms with Crippen LogP contribution >= 0.6 is 0 Å².